The van der Waals surface area contributed by atoms with E-state index in [1.807, 2.05) is 18.2 Å². The maximum Gasteiger partial charge on any atom is 0.174 e. The van der Waals surface area contributed by atoms with Crippen molar-refractivity contribution in [1.82, 2.24) is 0 Å². The van der Waals surface area contributed by atoms with Gasteiger partial charge in [-0.15, -0.1) is 11.6 Å². The predicted molar refractivity (Wildman–Crippen MR) is 51.5 cm³/mol. The van der Waals surface area contributed by atoms with Gasteiger partial charge in [0.15, 0.2) is 4.83 Å². The van der Waals surface area contributed by atoms with E-state index in [1.165, 1.54) is 0 Å². The topological polar surface area (TPSA) is 12.4 Å². The molecular formula is C7H5Cl2NS. The third kappa shape index (κ3) is 1.48. The van der Waals surface area contributed by atoms with Crippen LogP contribution in [0.1, 0.15) is 0 Å². The lowest BCUT2D eigenvalue weighted by molar-refractivity contribution is 1.30. The number of thioether (sulfide) groups is 1. The zero-order valence-electron chi connectivity index (χ0n) is 5.50. The van der Waals surface area contributed by atoms with Crippen molar-refractivity contribution in [3.63, 3.8) is 0 Å². The van der Waals surface area contributed by atoms with Gasteiger partial charge < -0.3 is 0 Å². The third-order valence-electron chi connectivity index (χ3n) is 1.47. The number of hydrogen-bond acceptors (Lipinski definition) is 2. The second-order valence-corrected chi connectivity index (χ2v) is 4.56. The second-order valence-electron chi connectivity index (χ2n) is 2.26. The minimum atomic E-state index is -0.164. The summed E-state index contributed by atoms with van der Waals surface area (Å²) in [6, 6.07) is 0. The summed E-state index contributed by atoms with van der Waals surface area (Å²) in [4.78, 5) is 5.12. The minimum absolute atomic E-state index is 0.00147. The van der Waals surface area contributed by atoms with Gasteiger partial charge in [0.05, 0.1) is 11.1 Å². The molecule has 2 atom stereocenters. The molecule has 0 fully saturated rings. The first-order chi connectivity index (χ1) is 5.25. The molecule has 0 saturated carbocycles. The Kier molecular flexibility index (Phi) is 2.00. The number of nitrogens with zero attached hydrogens (tertiary/aromatic N) is 1. The molecule has 1 aliphatic heterocycles. The first-order valence-corrected chi connectivity index (χ1v) is 4.94. The highest BCUT2D eigenvalue weighted by Crippen LogP contribution is 2.36. The Morgan fingerprint density at radius 3 is 3.09 bits per heavy atom. The molecule has 1 nitrogen and oxygen atoms in total. The fourth-order valence-electron chi connectivity index (χ4n) is 0.998. The average molecular weight is 206 g/mol. The van der Waals surface area contributed by atoms with Crippen LogP contribution in [0.2, 0.25) is 0 Å². The molecule has 2 unspecified atom stereocenters. The third-order valence-corrected chi connectivity index (χ3v) is 3.00. The molecule has 1 aliphatic carbocycles. The standard InChI is InChI=1S/C7H5Cl2NS/c8-4-1-2-5-6(3-4)11-7(9)10-5/h1-4,7H. The van der Waals surface area contributed by atoms with E-state index < -0.39 is 0 Å². The number of fused-ring (bicyclic) bond motifs is 1. The van der Waals surface area contributed by atoms with Crippen LogP contribution in [0.25, 0.3) is 0 Å². The summed E-state index contributed by atoms with van der Waals surface area (Å²) < 4.78 is 0. The van der Waals surface area contributed by atoms with Crippen LogP contribution in [0.3, 0.4) is 0 Å². The van der Waals surface area contributed by atoms with Crippen molar-refractivity contribution in [2.24, 2.45) is 4.99 Å². The second kappa shape index (κ2) is 2.85. The van der Waals surface area contributed by atoms with Gasteiger partial charge in [0.2, 0.25) is 0 Å². The number of allylic oxidation sites excluding steroid dienone is 4. The van der Waals surface area contributed by atoms with Crippen molar-refractivity contribution >= 4 is 40.7 Å². The van der Waals surface area contributed by atoms with Crippen molar-refractivity contribution in [2.75, 3.05) is 0 Å². The molecule has 1 heterocycles. The van der Waals surface area contributed by atoms with Crippen molar-refractivity contribution in [1.29, 1.82) is 0 Å². The normalized spacial score (nSPS) is 34.7. The number of alkyl halides is 2. The van der Waals surface area contributed by atoms with Gasteiger partial charge in [0.25, 0.3) is 0 Å². The molecule has 0 aromatic carbocycles. The molecular weight excluding hydrogens is 201 g/mol. The smallest absolute Gasteiger partial charge is 0.174 e. The first kappa shape index (κ1) is 7.71. The fraction of sp³-hybridized carbons (Fsp3) is 0.286. The van der Waals surface area contributed by atoms with Gasteiger partial charge in [-0.2, -0.15) is 0 Å². The van der Waals surface area contributed by atoms with Crippen molar-refractivity contribution < 1.29 is 0 Å². The lowest BCUT2D eigenvalue weighted by atomic mass is 10.2. The van der Waals surface area contributed by atoms with Crippen LogP contribution in [0.15, 0.2) is 28.1 Å². The van der Waals surface area contributed by atoms with Crippen LogP contribution < -0.4 is 0 Å². The van der Waals surface area contributed by atoms with Gasteiger partial charge in [-0.1, -0.05) is 29.4 Å². The Balaban J connectivity index is 2.32. The zero-order valence-corrected chi connectivity index (χ0v) is 7.83. The number of aliphatic imine (C=N–C) groups is 1. The van der Waals surface area contributed by atoms with Crippen LogP contribution >= 0.6 is 35.0 Å². The van der Waals surface area contributed by atoms with Gasteiger partial charge >= 0.3 is 0 Å². The highest BCUT2D eigenvalue weighted by Gasteiger charge is 2.22. The van der Waals surface area contributed by atoms with Gasteiger partial charge in [-0.3, -0.25) is 4.99 Å². The summed E-state index contributed by atoms with van der Waals surface area (Å²) in [7, 11) is 0. The fourth-order valence-corrected chi connectivity index (χ4v) is 2.51. The molecule has 0 aromatic heterocycles. The van der Waals surface area contributed by atoms with Crippen LogP contribution in [-0.4, -0.2) is 15.9 Å². The number of halogens is 2. The molecule has 58 valence electrons. The monoisotopic (exact) mass is 205 g/mol. The minimum Gasteiger partial charge on any atom is -0.253 e. The quantitative estimate of drug-likeness (QED) is 0.438. The van der Waals surface area contributed by atoms with Gasteiger partial charge in [-0.25, -0.2) is 0 Å². The highest BCUT2D eigenvalue weighted by atomic mass is 35.5. The van der Waals surface area contributed by atoms with E-state index in [-0.39, 0.29) is 10.2 Å². The molecule has 0 N–H and O–H groups in total. The van der Waals surface area contributed by atoms with E-state index in [2.05, 4.69) is 4.99 Å². The molecule has 11 heavy (non-hydrogen) atoms. The SMILES string of the molecule is ClC1C=CC2=NC(Cl)SC2=C1. The lowest BCUT2D eigenvalue weighted by Crippen LogP contribution is -2.01. The Hall–Kier alpha value is 0.0800. The predicted octanol–water partition coefficient (Wildman–Crippen LogP) is 2.76. The average Bonchev–Trinajstić information content (AvgIpc) is 2.27. The summed E-state index contributed by atoms with van der Waals surface area (Å²) in [5, 5.41) is -0.00147. The summed E-state index contributed by atoms with van der Waals surface area (Å²) in [6.07, 6.45) is 5.79. The molecule has 0 aromatic rings. The van der Waals surface area contributed by atoms with Crippen molar-refractivity contribution in [3.8, 4) is 0 Å². The van der Waals surface area contributed by atoms with E-state index in [1.54, 1.807) is 11.8 Å². The van der Waals surface area contributed by atoms with Gasteiger partial charge in [0, 0.05) is 4.91 Å². The Morgan fingerprint density at radius 1 is 1.45 bits per heavy atom. The molecule has 0 amide bonds. The van der Waals surface area contributed by atoms with Crippen LogP contribution in [0.4, 0.5) is 0 Å². The van der Waals surface area contributed by atoms with Crippen molar-refractivity contribution in [2.45, 2.75) is 10.2 Å². The van der Waals surface area contributed by atoms with Gasteiger partial charge in [0.1, 0.15) is 0 Å². The zero-order chi connectivity index (χ0) is 7.84. The Bertz CT molecular complexity index is 270. The first-order valence-electron chi connectivity index (χ1n) is 3.19. The largest absolute Gasteiger partial charge is 0.253 e. The number of hydrogen-bond donors (Lipinski definition) is 0. The van der Waals surface area contributed by atoms with Crippen LogP contribution in [-0.2, 0) is 0 Å². The number of rotatable bonds is 0. The molecule has 0 radical (unpaired) electrons. The van der Waals surface area contributed by atoms with E-state index in [4.69, 9.17) is 23.2 Å². The van der Waals surface area contributed by atoms with Crippen molar-refractivity contribution in [3.05, 3.63) is 23.1 Å². The molecule has 2 rings (SSSR count). The molecule has 0 saturated heterocycles. The molecule has 0 spiro atoms. The van der Waals surface area contributed by atoms with E-state index in [0.717, 1.165) is 10.6 Å². The van der Waals surface area contributed by atoms with Crippen LogP contribution in [0.5, 0.6) is 0 Å². The Morgan fingerprint density at radius 2 is 2.27 bits per heavy atom. The summed E-state index contributed by atoms with van der Waals surface area (Å²) in [6.45, 7) is 0. The molecule has 4 heteroatoms. The lowest BCUT2D eigenvalue weighted by Gasteiger charge is -2.05. The Labute approximate surface area is 79.2 Å². The summed E-state index contributed by atoms with van der Waals surface area (Å²) in [5.41, 5.74) is 0.965. The van der Waals surface area contributed by atoms with E-state index in [9.17, 15) is 0 Å². The van der Waals surface area contributed by atoms with Crippen LogP contribution in [0, 0.1) is 0 Å². The summed E-state index contributed by atoms with van der Waals surface area (Å²) in [5.74, 6) is 0. The van der Waals surface area contributed by atoms with E-state index in [0.29, 0.717) is 0 Å². The molecule has 0 bridgehead atoms. The highest BCUT2D eigenvalue weighted by molar-refractivity contribution is 8.06. The maximum atomic E-state index is 5.86. The van der Waals surface area contributed by atoms with Gasteiger partial charge in [-0.05, 0) is 12.2 Å². The van der Waals surface area contributed by atoms with E-state index >= 15 is 0 Å². The maximum absolute atomic E-state index is 5.86. The molecule has 2 aliphatic rings. The summed E-state index contributed by atoms with van der Waals surface area (Å²) >= 11 is 13.2.